The Labute approximate surface area is 184 Å². The van der Waals surface area contributed by atoms with Gasteiger partial charge < -0.3 is 18.9 Å². The largest absolute Gasteiger partial charge is 0.452 e. The van der Waals surface area contributed by atoms with E-state index in [2.05, 4.69) is 0 Å². The van der Waals surface area contributed by atoms with Gasteiger partial charge in [0, 0.05) is 20.1 Å². The fourth-order valence-electron chi connectivity index (χ4n) is 2.33. The summed E-state index contributed by atoms with van der Waals surface area (Å²) in [6.45, 7) is 8.09. The highest BCUT2D eigenvalue weighted by atomic mass is 16.6. The van der Waals surface area contributed by atoms with Crippen LogP contribution < -0.4 is 0 Å². The summed E-state index contributed by atoms with van der Waals surface area (Å²) in [5, 5.41) is 0. The number of esters is 3. The minimum absolute atomic E-state index is 0.221. The lowest BCUT2D eigenvalue weighted by Crippen LogP contribution is -2.36. The van der Waals surface area contributed by atoms with Crippen molar-refractivity contribution < 1.29 is 42.9 Å². The predicted molar refractivity (Wildman–Crippen MR) is 111 cm³/mol. The van der Waals surface area contributed by atoms with Gasteiger partial charge in [0.2, 0.25) is 0 Å². The van der Waals surface area contributed by atoms with E-state index in [1.165, 1.54) is 20.8 Å². The van der Waals surface area contributed by atoms with Crippen LogP contribution in [0.2, 0.25) is 0 Å². The number of carbonyl (C=O) groups is 5. The molecule has 0 amide bonds. The molecule has 9 heteroatoms. The van der Waals surface area contributed by atoms with Gasteiger partial charge in [-0.05, 0) is 40.0 Å². The first kappa shape index (κ1) is 28.7. The highest BCUT2D eigenvalue weighted by Gasteiger charge is 2.29. The summed E-state index contributed by atoms with van der Waals surface area (Å²) in [4.78, 5) is 59.8. The molecule has 31 heavy (non-hydrogen) atoms. The molecule has 0 aromatic heterocycles. The molecule has 0 unspecified atom stereocenters. The van der Waals surface area contributed by atoms with E-state index in [9.17, 15) is 24.0 Å². The molecule has 0 aromatic rings. The van der Waals surface area contributed by atoms with Crippen LogP contribution in [0.4, 0.5) is 0 Å². The molecule has 0 rings (SSSR count). The van der Waals surface area contributed by atoms with Crippen molar-refractivity contribution in [3.8, 4) is 0 Å². The molecule has 0 heterocycles. The average molecular weight is 445 g/mol. The van der Waals surface area contributed by atoms with Crippen LogP contribution in [0.3, 0.4) is 0 Å². The molecule has 0 saturated heterocycles. The van der Waals surface area contributed by atoms with Crippen LogP contribution >= 0.6 is 0 Å². The second-order valence-corrected chi connectivity index (χ2v) is 7.53. The Hall–Kier alpha value is -2.29. The minimum atomic E-state index is -1.30. The van der Waals surface area contributed by atoms with Crippen molar-refractivity contribution in [2.24, 2.45) is 5.92 Å². The van der Waals surface area contributed by atoms with Gasteiger partial charge in [0.1, 0.15) is 5.78 Å². The number of Topliss-reactive ketones (excluding diaryl/α,β-unsaturated/α-hetero) is 2. The van der Waals surface area contributed by atoms with Gasteiger partial charge in [-0.25, -0.2) is 9.59 Å². The number of hydrogen-bond donors (Lipinski definition) is 0. The quantitative estimate of drug-likeness (QED) is 0.153. The Balaban J connectivity index is 4.39. The van der Waals surface area contributed by atoms with E-state index >= 15 is 0 Å². The van der Waals surface area contributed by atoms with Crippen molar-refractivity contribution in [2.75, 3.05) is 13.7 Å². The monoisotopic (exact) mass is 444 g/mol. The number of rotatable bonds is 16. The molecule has 0 aliphatic rings. The van der Waals surface area contributed by atoms with Crippen LogP contribution in [0.5, 0.6) is 0 Å². The SMILES string of the molecule is CC[C@H](C)C(=O)O[C@H](C)C(=O)O[C@H](C)C(=O)O[C@H](C)C(=O)CC(=O)CCCCCOC. The summed E-state index contributed by atoms with van der Waals surface area (Å²) in [5.74, 6) is -3.47. The third kappa shape index (κ3) is 12.2. The third-order valence-electron chi connectivity index (χ3n) is 4.69. The molecule has 0 N–H and O–H groups in total. The van der Waals surface area contributed by atoms with Crippen molar-refractivity contribution in [3.63, 3.8) is 0 Å². The summed E-state index contributed by atoms with van der Waals surface area (Å²) < 4.78 is 19.9. The maximum absolute atomic E-state index is 12.1. The molecule has 0 radical (unpaired) electrons. The second kappa shape index (κ2) is 15.5. The van der Waals surface area contributed by atoms with Crippen molar-refractivity contribution in [1.82, 2.24) is 0 Å². The van der Waals surface area contributed by atoms with Crippen LogP contribution in [0.15, 0.2) is 0 Å². The lowest BCUT2D eigenvalue weighted by Gasteiger charge is -2.19. The van der Waals surface area contributed by atoms with Crippen LogP contribution in [0, 0.1) is 5.92 Å². The van der Waals surface area contributed by atoms with Crippen molar-refractivity contribution in [1.29, 1.82) is 0 Å². The predicted octanol–water partition coefficient (Wildman–Crippen LogP) is 2.56. The van der Waals surface area contributed by atoms with Crippen molar-refractivity contribution in [3.05, 3.63) is 0 Å². The highest BCUT2D eigenvalue weighted by molar-refractivity contribution is 6.01. The number of unbranched alkanes of at least 4 members (excludes halogenated alkanes) is 2. The zero-order chi connectivity index (χ0) is 24.0. The number of carbonyl (C=O) groups excluding carboxylic acids is 5. The summed E-state index contributed by atoms with van der Waals surface area (Å²) in [6, 6.07) is 0. The summed E-state index contributed by atoms with van der Waals surface area (Å²) in [6.07, 6.45) is -0.785. The molecule has 178 valence electrons. The minimum Gasteiger partial charge on any atom is -0.452 e. The second-order valence-electron chi connectivity index (χ2n) is 7.53. The van der Waals surface area contributed by atoms with E-state index < -0.39 is 42.0 Å². The van der Waals surface area contributed by atoms with E-state index in [4.69, 9.17) is 18.9 Å². The Morgan fingerprint density at radius 2 is 1.23 bits per heavy atom. The zero-order valence-corrected chi connectivity index (χ0v) is 19.4. The summed E-state index contributed by atoms with van der Waals surface area (Å²) in [7, 11) is 1.61. The lowest BCUT2D eigenvalue weighted by molar-refractivity contribution is -0.180. The van der Waals surface area contributed by atoms with E-state index in [1.807, 2.05) is 6.92 Å². The van der Waals surface area contributed by atoms with Crippen LogP contribution in [0.25, 0.3) is 0 Å². The molecule has 0 aliphatic heterocycles. The lowest BCUT2D eigenvalue weighted by atomic mass is 10.1. The third-order valence-corrected chi connectivity index (χ3v) is 4.69. The Morgan fingerprint density at radius 3 is 1.74 bits per heavy atom. The highest BCUT2D eigenvalue weighted by Crippen LogP contribution is 2.10. The van der Waals surface area contributed by atoms with Crippen molar-refractivity contribution >= 4 is 29.5 Å². The van der Waals surface area contributed by atoms with Gasteiger partial charge in [-0.15, -0.1) is 0 Å². The fourth-order valence-corrected chi connectivity index (χ4v) is 2.33. The zero-order valence-electron chi connectivity index (χ0n) is 19.4. The Morgan fingerprint density at radius 1 is 0.710 bits per heavy atom. The average Bonchev–Trinajstić information content (AvgIpc) is 2.72. The van der Waals surface area contributed by atoms with Crippen molar-refractivity contribution in [2.45, 2.75) is 91.5 Å². The van der Waals surface area contributed by atoms with E-state index in [-0.39, 0.29) is 24.5 Å². The van der Waals surface area contributed by atoms with Gasteiger partial charge in [0.25, 0.3) is 0 Å². The summed E-state index contributed by atoms with van der Waals surface area (Å²) >= 11 is 0. The Kier molecular flexibility index (Phi) is 14.4. The normalized spacial score (nSPS) is 14.6. The first-order valence-electron chi connectivity index (χ1n) is 10.7. The van der Waals surface area contributed by atoms with Gasteiger partial charge in [-0.2, -0.15) is 0 Å². The maximum atomic E-state index is 12.1. The maximum Gasteiger partial charge on any atom is 0.347 e. The van der Waals surface area contributed by atoms with Crippen LogP contribution in [-0.2, 0) is 42.9 Å². The molecule has 0 aliphatic carbocycles. The molecule has 0 aromatic carbocycles. The van der Waals surface area contributed by atoms with Gasteiger partial charge in [0.05, 0.1) is 12.3 Å². The summed E-state index contributed by atoms with van der Waals surface area (Å²) in [5.41, 5.74) is 0. The molecule has 9 nitrogen and oxygen atoms in total. The topological polar surface area (TPSA) is 122 Å². The molecule has 4 atom stereocenters. The molecule has 0 fully saturated rings. The molecule has 0 spiro atoms. The first-order chi connectivity index (χ1) is 14.5. The van der Waals surface area contributed by atoms with Gasteiger partial charge in [-0.3, -0.25) is 14.4 Å². The van der Waals surface area contributed by atoms with E-state index in [0.717, 1.165) is 12.8 Å². The van der Waals surface area contributed by atoms with E-state index in [1.54, 1.807) is 14.0 Å². The first-order valence-corrected chi connectivity index (χ1v) is 10.7. The number of ether oxygens (including phenoxy) is 4. The number of methoxy groups -OCH3 is 1. The smallest absolute Gasteiger partial charge is 0.347 e. The number of ketones is 2. The van der Waals surface area contributed by atoms with Gasteiger partial charge in [-0.1, -0.05) is 20.3 Å². The van der Waals surface area contributed by atoms with Crippen LogP contribution in [0.1, 0.15) is 73.1 Å². The van der Waals surface area contributed by atoms with Crippen LogP contribution in [-0.4, -0.2) is 61.5 Å². The number of hydrogen-bond acceptors (Lipinski definition) is 9. The molecule has 0 saturated carbocycles. The molecule has 0 bridgehead atoms. The fraction of sp³-hybridized carbons (Fsp3) is 0.773. The standard InChI is InChI=1S/C22H36O9/c1-7-14(2)20(25)30-16(4)22(27)31-17(5)21(26)29-15(3)19(24)13-18(23)11-9-8-10-12-28-6/h14-17H,7-13H2,1-6H3/t14-,15+,16+,17+/m0/s1. The van der Waals surface area contributed by atoms with Gasteiger partial charge in [0.15, 0.2) is 24.1 Å². The molecular weight excluding hydrogens is 408 g/mol. The Bertz CT molecular complexity index is 614. The van der Waals surface area contributed by atoms with E-state index in [0.29, 0.717) is 19.4 Å². The molecular formula is C22H36O9. The van der Waals surface area contributed by atoms with Gasteiger partial charge >= 0.3 is 17.9 Å².